The molecule has 0 radical (unpaired) electrons. The fourth-order valence-electron chi connectivity index (χ4n) is 3.55. The summed E-state index contributed by atoms with van der Waals surface area (Å²) in [6.45, 7) is 0.662. The van der Waals surface area contributed by atoms with Gasteiger partial charge < -0.3 is 14.7 Å². The Hall–Kier alpha value is -2.28. The normalized spacial score (nSPS) is 19.7. The summed E-state index contributed by atoms with van der Waals surface area (Å²) in [5, 5.41) is 12.1. The van der Waals surface area contributed by atoms with Crippen LogP contribution in [0.15, 0.2) is 66.7 Å². The van der Waals surface area contributed by atoms with Crippen molar-refractivity contribution in [3.63, 3.8) is 0 Å². The van der Waals surface area contributed by atoms with Crippen LogP contribution in [0.1, 0.15) is 6.42 Å². The smallest absolute Gasteiger partial charge is 0.330 e. The van der Waals surface area contributed by atoms with Gasteiger partial charge >= 0.3 is 5.97 Å². The zero-order valence-corrected chi connectivity index (χ0v) is 16.2. The molecule has 1 fully saturated rings. The molecule has 1 aliphatic rings. The van der Waals surface area contributed by atoms with Crippen LogP contribution < -0.4 is 9.64 Å². The highest BCUT2D eigenvalue weighted by molar-refractivity contribution is 14.1. The Balaban J connectivity index is 1.61. The summed E-state index contributed by atoms with van der Waals surface area (Å²) in [6.07, 6.45) is 0.291. The van der Waals surface area contributed by atoms with Gasteiger partial charge in [0.25, 0.3) is 0 Å². The van der Waals surface area contributed by atoms with E-state index in [4.69, 9.17) is 4.74 Å². The topological polar surface area (TPSA) is 49.8 Å². The van der Waals surface area contributed by atoms with E-state index in [1.165, 1.54) is 0 Å². The number of carboxylic acids is 1. The predicted molar refractivity (Wildman–Crippen MR) is 111 cm³/mol. The molecule has 1 heterocycles. The van der Waals surface area contributed by atoms with Crippen molar-refractivity contribution in [1.82, 2.24) is 0 Å². The molecule has 5 heteroatoms. The molecule has 0 bridgehead atoms. The van der Waals surface area contributed by atoms with Crippen LogP contribution in [-0.4, -0.2) is 29.8 Å². The average Bonchev–Trinajstić information content (AvgIpc) is 3.05. The van der Waals surface area contributed by atoms with E-state index >= 15 is 0 Å². The minimum Gasteiger partial charge on any atom is -0.488 e. The molecule has 1 unspecified atom stereocenters. The van der Waals surface area contributed by atoms with Crippen molar-refractivity contribution in [3.05, 3.63) is 70.3 Å². The summed E-state index contributed by atoms with van der Waals surface area (Å²) in [7, 11) is 0. The monoisotopic (exact) mass is 459 g/mol. The molecular formula is C21H18INO3. The van der Waals surface area contributed by atoms with Crippen molar-refractivity contribution in [2.75, 3.05) is 11.4 Å². The Morgan fingerprint density at radius 3 is 2.54 bits per heavy atom. The van der Waals surface area contributed by atoms with E-state index < -0.39 is 12.0 Å². The minimum absolute atomic E-state index is 0.385. The number of para-hydroxylation sites is 1. The lowest BCUT2D eigenvalue weighted by Gasteiger charge is -2.27. The molecule has 0 saturated carbocycles. The second kappa shape index (κ2) is 7.15. The second-order valence-electron chi connectivity index (χ2n) is 6.38. The molecule has 0 aromatic heterocycles. The van der Waals surface area contributed by atoms with Gasteiger partial charge in [0.15, 0.2) is 6.04 Å². The maximum absolute atomic E-state index is 12.0. The van der Waals surface area contributed by atoms with Crippen molar-refractivity contribution in [2.45, 2.75) is 18.6 Å². The molecule has 26 heavy (non-hydrogen) atoms. The van der Waals surface area contributed by atoms with Crippen molar-refractivity contribution >= 4 is 45.0 Å². The third-order valence-electron chi connectivity index (χ3n) is 4.77. The lowest BCUT2D eigenvalue weighted by atomic mass is 10.1. The average molecular weight is 459 g/mol. The first-order chi connectivity index (χ1) is 12.6. The maximum Gasteiger partial charge on any atom is 0.330 e. The van der Waals surface area contributed by atoms with E-state index in [1.54, 1.807) is 0 Å². The molecular weight excluding hydrogens is 441 g/mol. The van der Waals surface area contributed by atoms with Gasteiger partial charge in [-0.3, -0.25) is 0 Å². The molecule has 4 nitrogen and oxygen atoms in total. The Kier molecular flexibility index (Phi) is 4.72. The first kappa shape index (κ1) is 17.1. The quantitative estimate of drug-likeness (QED) is 0.582. The summed E-state index contributed by atoms with van der Waals surface area (Å²) >= 11 is 2.25. The predicted octanol–water partition coefficient (Wildman–Crippen LogP) is 4.56. The lowest BCUT2D eigenvalue weighted by Crippen LogP contribution is -2.44. The highest BCUT2D eigenvalue weighted by atomic mass is 127. The highest BCUT2D eigenvalue weighted by Gasteiger charge is 2.41. The third kappa shape index (κ3) is 3.23. The van der Waals surface area contributed by atoms with E-state index in [2.05, 4.69) is 22.6 Å². The number of rotatable bonds is 4. The van der Waals surface area contributed by atoms with Crippen molar-refractivity contribution in [3.8, 4) is 5.75 Å². The molecule has 0 amide bonds. The number of fused-ring (bicyclic) bond motifs is 1. The fourth-order valence-corrected chi connectivity index (χ4v) is 4.25. The summed E-state index contributed by atoms with van der Waals surface area (Å²) in [4.78, 5) is 13.9. The van der Waals surface area contributed by atoms with Crippen molar-refractivity contribution in [1.29, 1.82) is 0 Å². The van der Waals surface area contributed by atoms with E-state index in [0.29, 0.717) is 18.7 Å². The molecule has 0 aliphatic carbocycles. The van der Waals surface area contributed by atoms with E-state index in [0.717, 1.165) is 20.0 Å². The van der Waals surface area contributed by atoms with Crippen LogP contribution in [0.4, 0.5) is 5.69 Å². The van der Waals surface area contributed by atoms with Gasteiger partial charge in [0, 0.05) is 16.5 Å². The Morgan fingerprint density at radius 2 is 1.77 bits per heavy atom. The van der Waals surface area contributed by atoms with Gasteiger partial charge in [0.2, 0.25) is 0 Å². The number of halogens is 1. The maximum atomic E-state index is 12.0. The number of ether oxygens (including phenoxy) is 1. The molecule has 3 aromatic rings. The standard InChI is InChI=1S/C21H18INO3/c22-17-7-3-4-8-18(17)23-12-11-19(20(23)21(24)25)26-16-10-9-14-5-1-2-6-15(14)13-16/h1-10,13,19-20H,11-12H2,(H,24,25)/t19?,20-/m0/s1. The Morgan fingerprint density at radius 1 is 1.04 bits per heavy atom. The highest BCUT2D eigenvalue weighted by Crippen LogP contribution is 2.32. The van der Waals surface area contributed by atoms with E-state index in [-0.39, 0.29) is 6.10 Å². The van der Waals surface area contributed by atoms with Crippen LogP contribution in [-0.2, 0) is 4.79 Å². The van der Waals surface area contributed by atoms with Gasteiger partial charge in [-0.1, -0.05) is 42.5 Å². The molecule has 1 saturated heterocycles. The minimum atomic E-state index is -0.854. The van der Waals surface area contributed by atoms with Gasteiger partial charge in [-0.25, -0.2) is 4.79 Å². The summed E-state index contributed by atoms with van der Waals surface area (Å²) in [6, 6.07) is 21.1. The number of anilines is 1. The summed E-state index contributed by atoms with van der Waals surface area (Å²) in [5.74, 6) is -0.141. The van der Waals surface area contributed by atoms with Gasteiger partial charge in [-0.05, 0) is 57.6 Å². The van der Waals surface area contributed by atoms with Gasteiger partial charge in [-0.15, -0.1) is 0 Å². The van der Waals surface area contributed by atoms with Gasteiger partial charge in [-0.2, -0.15) is 0 Å². The number of carboxylic acid groups (broad SMARTS) is 1. The molecule has 132 valence electrons. The number of hydrogen-bond acceptors (Lipinski definition) is 3. The van der Waals surface area contributed by atoms with Gasteiger partial charge in [0.05, 0.1) is 5.69 Å². The Labute approximate surface area is 165 Å². The SMILES string of the molecule is O=C(O)[C@@H]1C(Oc2ccc3ccccc3c2)CCN1c1ccccc1I. The third-order valence-corrected chi connectivity index (χ3v) is 5.68. The Bertz CT molecular complexity index is 959. The van der Waals surface area contributed by atoms with E-state index in [9.17, 15) is 9.90 Å². The van der Waals surface area contributed by atoms with Crippen LogP contribution in [0.2, 0.25) is 0 Å². The summed E-state index contributed by atoms with van der Waals surface area (Å²) < 4.78 is 7.17. The van der Waals surface area contributed by atoms with Crippen LogP contribution in [0.5, 0.6) is 5.75 Å². The first-order valence-corrected chi connectivity index (χ1v) is 9.61. The number of benzene rings is 3. The van der Waals surface area contributed by atoms with Crippen LogP contribution in [0, 0.1) is 3.57 Å². The molecule has 1 aliphatic heterocycles. The van der Waals surface area contributed by atoms with Crippen LogP contribution >= 0.6 is 22.6 Å². The van der Waals surface area contributed by atoms with Crippen LogP contribution in [0.3, 0.4) is 0 Å². The zero-order chi connectivity index (χ0) is 18.1. The van der Waals surface area contributed by atoms with Crippen molar-refractivity contribution in [2.24, 2.45) is 0 Å². The number of nitrogens with zero attached hydrogens (tertiary/aromatic N) is 1. The first-order valence-electron chi connectivity index (χ1n) is 8.53. The van der Waals surface area contributed by atoms with Gasteiger partial charge in [0.1, 0.15) is 11.9 Å². The lowest BCUT2D eigenvalue weighted by molar-refractivity contribution is -0.140. The number of hydrogen-bond donors (Lipinski definition) is 1. The number of carbonyl (C=O) groups is 1. The molecule has 2 atom stereocenters. The molecule has 3 aromatic carbocycles. The molecule has 0 spiro atoms. The zero-order valence-electron chi connectivity index (χ0n) is 14.0. The second-order valence-corrected chi connectivity index (χ2v) is 7.54. The fraction of sp³-hybridized carbons (Fsp3) is 0.190. The van der Waals surface area contributed by atoms with Crippen molar-refractivity contribution < 1.29 is 14.6 Å². The molecule has 4 rings (SSSR count). The van der Waals surface area contributed by atoms with E-state index in [1.807, 2.05) is 71.6 Å². The summed E-state index contributed by atoms with van der Waals surface area (Å²) in [5.41, 5.74) is 0.949. The molecule has 1 N–H and O–H groups in total. The number of aliphatic carboxylic acids is 1. The largest absolute Gasteiger partial charge is 0.488 e. The van der Waals surface area contributed by atoms with Crippen LogP contribution in [0.25, 0.3) is 10.8 Å².